The minimum atomic E-state index is -0.779. The maximum absolute atomic E-state index is 13.5. The summed E-state index contributed by atoms with van der Waals surface area (Å²) in [6, 6.07) is 3.22. The van der Waals surface area contributed by atoms with Crippen molar-refractivity contribution in [1.29, 1.82) is 0 Å². The van der Waals surface area contributed by atoms with Crippen molar-refractivity contribution in [1.82, 2.24) is 0 Å². The molecule has 17 heavy (non-hydrogen) atoms. The summed E-state index contributed by atoms with van der Waals surface area (Å²) in [6.45, 7) is 0. The van der Waals surface area contributed by atoms with Crippen LogP contribution in [0, 0.1) is 15.9 Å². The molecular weight excluding hydrogens is 229 g/mol. The number of nitro groups is 1. The minimum Gasteiger partial charge on any atom is -0.485 e. The lowest BCUT2D eigenvalue weighted by Crippen LogP contribution is -2.25. The summed E-state index contributed by atoms with van der Waals surface area (Å²) in [7, 11) is 0. The number of nitrogens with zero attached hydrogens (tertiary/aromatic N) is 1. The van der Waals surface area contributed by atoms with Crippen molar-refractivity contribution in [2.24, 2.45) is 0 Å². The zero-order chi connectivity index (χ0) is 12.4. The van der Waals surface area contributed by atoms with Crippen molar-refractivity contribution in [2.45, 2.75) is 31.5 Å². The lowest BCUT2D eigenvalue weighted by atomic mass is 10.2. The van der Waals surface area contributed by atoms with Gasteiger partial charge in [-0.25, -0.2) is 4.39 Å². The zero-order valence-electron chi connectivity index (χ0n) is 9.01. The van der Waals surface area contributed by atoms with Crippen LogP contribution in [0.15, 0.2) is 18.2 Å². The van der Waals surface area contributed by atoms with E-state index in [2.05, 4.69) is 0 Å². The largest absolute Gasteiger partial charge is 0.485 e. The molecule has 0 aliphatic heterocycles. The van der Waals surface area contributed by atoms with Crippen LogP contribution in [0.2, 0.25) is 0 Å². The lowest BCUT2D eigenvalue weighted by Gasteiger charge is -2.17. The third-order valence-corrected chi connectivity index (χ3v) is 2.82. The number of ether oxygens (including phenoxy) is 1. The molecule has 1 aliphatic carbocycles. The van der Waals surface area contributed by atoms with Gasteiger partial charge in [0, 0.05) is 6.07 Å². The van der Waals surface area contributed by atoms with E-state index in [1.54, 1.807) is 0 Å². The number of aliphatic hydroxyl groups excluding tert-OH is 1. The summed E-state index contributed by atoms with van der Waals surface area (Å²) in [4.78, 5) is 9.75. The van der Waals surface area contributed by atoms with Crippen molar-refractivity contribution in [3.8, 4) is 5.75 Å². The third kappa shape index (κ3) is 2.52. The number of hydrogen-bond acceptors (Lipinski definition) is 4. The van der Waals surface area contributed by atoms with E-state index in [0.717, 1.165) is 12.5 Å². The van der Waals surface area contributed by atoms with Gasteiger partial charge in [-0.1, -0.05) is 0 Å². The molecule has 1 saturated carbocycles. The van der Waals surface area contributed by atoms with Gasteiger partial charge in [-0.15, -0.1) is 0 Å². The predicted molar refractivity (Wildman–Crippen MR) is 57.3 cm³/mol. The Morgan fingerprint density at radius 3 is 2.76 bits per heavy atom. The van der Waals surface area contributed by atoms with Gasteiger partial charge in [0.15, 0.2) is 11.6 Å². The summed E-state index contributed by atoms with van der Waals surface area (Å²) in [6.07, 6.45) is 1.12. The lowest BCUT2D eigenvalue weighted by molar-refractivity contribution is -0.385. The number of nitro benzene ring substituents is 1. The Kier molecular flexibility index (Phi) is 3.23. The summed E-state index contributed by atoms with van der Waals surface area (Å²) in [5.74, 6) is -0.833. The molecule has 0 radical (unpaired) electrons. The molecule has 1 fully saturated rings. The molecule has 0 spiro atoms. The Labute approximate surface area is 97.0 Å². The van der Waals surface area contributed by atoms with Gasteiger partial charge in [0.1, 0.15) is 6.10 Å². The number of hydrogen-bond donors (Lipinski definition) is 1. The Bertz CT molecular complexity index is 437. The zero-order valence-corrected chi connectivity index (χ0v) is 9.01. The molecule has 1 aromatic carbocycles. The van der Waals surface area contributed by atoms with Crippen molar-refractivity contribution in [3.63, 3.8) is 0 Å². The van der Waals surface area contributed by atoms with Crippen LogP contribution in [0.4, 0.5) is 10.1 Å². The van der Waals surface area contributed by atoms with Crippen molar-refractivity contribution < 1.29 is 19.2 Å². The van der Waals surface area contributed by atoms with Crippen LogP contribution in [0.25, 0.3) is 0 Å². The molecule has 0 heterocycles. The van der Waals surface area contributed by atoms with Crippen molar-refractivity contribution in [2.75, 3.05) is 0 Å². The van der Waals surface area contributed by atoms with E-state index in [1.807, 2.05) is 0 Å². The molecule has 5 nitrogen and oxygen atoms in total. The smallest absolute Gasteiger partial charge is 0.272 e. The van der Waals surface area contributed by atoms with E-state index in [4.69, 9.17) is 4.74 Å². The molecule has 0 aromatic heterocycles. The summed E-state index contributed by atoms with van der Waals surface area (Å²) >= 11 is 0. The highest BCUT2D eigenvalue weighted by molar-refractivity contribution is 5.37. The minimum absolute atomic E-state index is 0.0541. The first-order valence-corrected chi connectivity index (χ1v) is 5.36. The monoisotopic (exact) mass is 241 g/mol. The first-order chi connectivity index (χ1) is 8.08. The number of halogens is 1. The standard InChI is InChI=1S/C11H12FNO4/c12-8-6-7(13(15)16)4-5-10(8)17-11-3-1-2-9(11)14/h4-6,9,11,14H,1-3H2/t9-,11-/m0/s1. The van der Waals surface area contributed by atoms with Gasteiger partial charge in [-0.2, -0.15) is 0 Å². The average Bonchev–Trinajstić information content (AvgIpc) is 2.67. The van der Waals surface area contributed by atoms with E-state index in [1.165, 1.54) is 12.1 Å². The van der Waals surface area contributed by atoms with Crippen LogP contribution in [0.3, 0.4) is 0 Å². The van der Waals surface area contributed by atoms with E-state index < -0.39 is 22.9 Å². The Morgan fingerprint density at radius 1 is 1.47 bits per heavy atom. The first-order valence-electron chi connectivity index (χ1n) is 5.36. The van der Waals surface area contributed by atoms with E-state index in [9.17, 15) is 19.6 Å². The van der Waals surface area contributed by atoms with Gasteiger partial charge < -0.3 is 9.84 Å². The number of benzene rings is 1. The number of non-ortho nitro benzene ring substituents is 1. The van der Waals surface area contributed by atoms with Crippen LogP contribution in [0.5, 0.6) is 5.75 Å². The molecule has 0 unspecified atom stereocenters. The summed E-state index contributed by atoms with van der Waals surface area (Å²) in [5.41, 5.74) is -0.318. The fourth-order valence-corrected chi connectivity index (χ4v) is 1.91. The topological polar surface area (TPSA) is 72.6 Å². The highest BCUT2D eigenvalue weighted by Crippen LogP contribution is 2.28. The van der Waals surface area contributed by atoms with Gasteiger partial charge in [0.05, 0.1) is 17.1 Å². The van der Waals surface area contributed by atoms with E-state index in [-0.39, 0.29) is 11.4 Å². The molecule has 1 aromatic rings. The van der Waals surface area contributed by atoms with Crippen molar-refractivity contribution >= 4 is 5.69 Å². The molecule has 6 heteroatoms. The first kappa shape index (κ1) is 11.8. The molecule has 1 aliphatic rings. The van der Waals surface area contributed by atoms with Crippen LogP contribution in [-0.2, 0) is 0 Å². The molecule has 2 rings (SSSR count). The maximum Gasteiger partial charge on any atom is 0.272 e. The van der Waals surface area contributed by atoms with Gasteiger partial charge >= 0.3 is 0 Å². The Hall–Kier alpha value is -1.69. The third-order valence-electron chi connectivity index (χ3n) is 2.82. The van der Waals surface area contributed by atoms with Gasteiger partial charge in [-0.3, -0.25) is 10.1 Å². The summed E-state index contributed by atoms with van der Waals surface area (Å²) in [5, 5.41) is 19.9. The van der Waals surface area contributed by atoms with E-state index in [0.29, 0.717) is 12.8 Å². The van der Waals surface area contributed by atoms with E-state index >= 15 is 0 Å². The van der Waals surface area contributed by atoms with Crippen LogP contribution in [-0.4, -0.2) is 22.2 Å². The number of rotatable bonds is 3. The van der Waals surface area contributed by atoms with Gasteiger partial charge in [0.2, 0.25) is 0 Å². The molecule has 1 N–H and O–H groups in total. The van der Waals surface area contributed by atoms with Gasteiger partial charge in [-0.05, 0) is 25.3 Å². The Balaban J connectivity index is 2.14. The van der Waals surface area contributed by atoms with Crippen LogP contribution >= 0.6 is 0 Å². The highest BCUT2D eigenvalue weighted by Gasteiger charge is 2.28. The SMILES string of the molecule is O=[N+]([O-])c1ccc(O[C@H]2CCC[C@@H]2O)c(F)c1. The maximum atomic E-state index is 13.5. The van der Waals surface area contributed by atoms with Crippen molar-refractivity contribution in [3.05, 3.63) is 34.1 Å². The molecule has 0 amide bonds. The second-order valence-electron chi connectivity index (χ2n) is 4.03. The van der Waals surface area contributed by atoms with Crippen LogP contribution < -0.4 is 4.74 Å². The molecular formula is C11H12FNO4. The molecule has 0 saturated heterocycles. The predicted octanol–water partition coefficient (Wildman–Crippen LogP) is 2.03. The van der Waals surface area contributed by atoms with Crippen LogP contribution in [0.1, 0.15) is 19.3 Å². The molecule has 92 valence electrons. The van der Waals surface area contributed by atoms with Gasteiger partial charge in [0.25, 0.3) is 5.69 Å². The molecule has 2 atom stereocenters. The fraction of sp³-hybridized carbons (Fsp3) is 0.455. The normalized spacial score (nSPS) is 23.6. The second kappa shape index (κ2) is 4.67. The molecule has 0 bridgehead atoms. The highest BCUT2D eigenvalue weighted by atomic mass is 19.1. The average molecular weight is 241 g/mol. The quantitative estimate of drug-likeness (QED) is 0.649. The summed E-state index contributed by atoms with van der Waals surface area (Å²) < 4.78 is 18.8. The second-order valence-corrected chi connectivity index (χ2v) is 4.03. The Morgan fingerprint density at radius 2 is 2.24 bits per heavy atom. The number of aliphatic hydroxyl groups is 1. The fourth-order valence-electron chi connectivity index (χ4n) is 1.91.